The molecule has 0 aliphatic carbocycles. The minimum Gasteiger partial charge on any atom is -0.250 e. The quantitative estimate of drug-likeness (QED) is 0.494. The lowest BCUT2D eigenvalue weighted by Gasteiger charge is -1.98. The molecule has 0 aromatic rings. The zero-order valence-electron chi connectivity index (χ0n) is 5.15. The van der Waals surface area contributed by atoms with Crippen molar-refractivity contribution in [1.29, 1.82) is 0 Å². The van der Waals surface area contributed by atoms with Gasteiger partial charge in [-0.05, 0) is 12.5 Å². The van der Waals surface area contributed by atoms with Crippen LogP contribution in [0.25, 0.3) is 0 Å². The van der Waals surface area contributed by atoms with Gasteiger partial charge in [-0.2, -0.15) is 0 Å². The van der Waals surface area contributed by atoms with Gasteiger partial charge in [-0.25, -0.2) is 0 Å². The van der Waals surface area contributed by atoms with E-state index >= 15 is 0 Å². The van der Waals surface area contributed by atoms with Crippen LogP contribution in [0.15, 0.2) is 18.4 Å². The van der Waals surface area contributed by atoms with E-state index in [1.807, 2.05) is 6.92 Å². The normalized spacial score (nSPS) is 12.2. The van der Waals surface area contributed by atoms with Gasteiger partial charge in [-0.3, -0.25) is 4.39 Å². The van der Waals surface area contributed by atoms with Crippen LogP contribution < -0.4 is 0 Å². The Morgan fingerprint density at radius 1 is 1.88 bits per heavy atom. The number of hydrogen-bond donors (Lipinski definition) is 0. The summed E-state index contributed by atoms with van der Waals surface area (Å²) in [6.07, 6.45) is 2.50. The molecule has 0 saturated carbocycles. The molecule has 0 aliphatic rings. The Labute approximate surface area is 49.7 Å². The van der Waals surface area contributed by atoms with Crippen LogP contribution in [0.3, 0.4) is 0 Å². The Kier molecular flexibility index (Phi) is 4.29. The van der Waals surface area contributed by atoms with Crippen molar-refractivity contribution in [2.24, 2.45) is 5.92 Å². The minimum absolute atomic E-state index is 0.0347. The summed E-state index contributed by atoms with van der Waals surface area (Å²) in [4.78, 5) is 0. The van der Waals surface area contributed by atoms with Crippen molar-refractivity contribution in [2.75, 3.05) is 6.67 Å². The van der Waals surface area contributed by atoms with Crippen LogP contribution in [0.1, 0.15) is 13.3 Å². The summed E-state index contributed by atoms with van der Waals surface area (Å²) in [5.41, 5.74) is 2.55. The van der Waals surface area contributed by atoms with Gasteiger partial charge in [0.1, 0.15) is 0 Å². The van der Waals surface area contributed by atoms with Crippen LogP contribution >= 0.6 is 0 Å². The SMILES string of the molecule is C=C=CC(CC)CF. The van der Waals surface area contributed by atoms with E-state index in [1.165, 1.54) is 0 Å². The van der Waals surface area contributed by atoms with Gasteiger partial charge in [-0.1, -0.05) is 13.5 Å². The van der Waals surface area contributed by atoms with E-state index in [-0.39, 0.29) is 12.6 Å². The number of allylic oxidation sites excluding steroid dienone is 1. The van der Waals surface area contributed by atoms with E-state index in [4.69, 9.17) is 0 Å². The maximum atomic E-state index is 11.7. The Balaban J connectivity index is 3.52. The molecule has 0 amide bonds. The molecule has 0 aromatic heterocycles. The average molecular weight is 114 g/mol. The maximum absolute atomic E-state index is 11.7. The lowest BCUT2D eigenvalue weighted by atomic mass is 10.1. The fraction of sp³-hybridized carbons (Fsp3) is 0.571. The molecule has 0 radical (unpaired) electrons. The highest BCUT2D eigenvalue weighted by Gasteiger charge is 1.96. The third-order valence-electron chi connectivity index (χ3n) is 1.08. The predicted octanol–water partition coefficient (Wildman–Crippen LogP) is 2.32. The number of hydrogen-bond acceptors (Lipinski definition) is 0. The van der Waals surface area contributed by atoms with Crippen molar-refractivity contribution in [3.05, 3.63) is 18.4 Å². The second kappa shape index (κ2) is 4.61. The van der Waals surface area contributed by atoms with Crippen molar-refractivity contribution in [3.8, 4) is 0 Å². The van der Waals surface area contributed by atoms with Crippen molar-refractivity contribution in [2.45, 2.75) is 13.3 Å². The van der Waals surface area contributed by atoms with E-state index in [9.17, 15) is 4.39 Å². The summed E-state index contributed by atoms with van der Waals surface area (Å²) in [6, 6.07) is 0. The van der Waals surface area contributed by atoms with Gasteiger partial charge in [0.25, 0.3) is 0 Å². The minimum atomic E-state index is -0.293. The standard InChI is InChI=1S/C7H11F/c1-3-5-7(4-2)6-8/h5,7H,1,4,6H2,2H3. The summed E-state index contributed by atoms with van der Waals surface area (Å²) in [7, 11) is 0. The van der Waals surface area contributed by atoms with Crippen LogP contribution in [0, 0.1) is 5.92 Å². The molecule has 0 nitrogen and oxygen atoms in total. The average Bonchev–Trinajstić information content (AvgIpc) is 1.83. The van der Waals surface area contributed by atoms with E-state index in [0.717, 1.165) is 6.42 Å². The molecule has 0 aromatic carbocycles. The second-order valence-corrected chi connectivity index (χ2v) is 1.69. The first-order chi connectivity index (χ1) is 3.85. The Morgan fingerprint density at radius 3 is 2.62 bits per heavy atom. The summed E-state index contributed by atoms with van der Waals surface area (Å²) < 4.78 is 11.7. The van der Waals surface area contributed by atoms with Crippen LogP contribution in [0.4, 0.5) is 4.39 Å². The molecule has 1 heteroatoms. The Hall–Kier alpha value is -0.550. The molecule has 0 aliphatic heterocycles. The van der Waals surface area contributed by atoms with Gasteiger partial charge < -0.3 is 0 Å². The van der Waals surface area contributed by atoms with Gasteiger partial charge in [0.05, 0.1) is 6.67 Å². The summed E-state index contributed by atoms with van der Waals surface area (Å²) in [5, 5.41) is 0. The van der Waals surface area contributed by atoms with Gasteiger partial charge >= 0.3 is 0 Å². The van der Waals surface area contributed by atoms with Gasteiger partial charge in [0, 0.05) is 5.92 Å². The zero-order valence-corrected chi connectivity index (χ0v) is 5.15. The molecule has 0 fully saturated rings. The molecule has 0 rings (SSSR count). The van der Waals surface area contributed by atoms with Crippen molar-refractivity contribution >= 4 is 0 Å². The Morgan fingerprint density at radius 2 is 2.50 bits per heavy atom. The molecular formula is C7H11F. The molecule has 0 heterocycles. The first-order valence-corrected chi connectivity index (χ1v) is 2.77. The predicted molar refractivity (Wildman–Crippen MR) is 33.5 cm³/mol. The molecular weight excluding hydrogens is 103 g/mol. The molecule has 1 unspecified atom stereocenters. The van der Waals surface area contributed by atoms with E-state index in [0.29, 0.717) is 0 Å². The molecule has 46 valence electrons. The third-order valence-corrected chi connectivity index (χ3v) is 1.08. The van der Waals surface area contributed by atoms with Gasteiger partial charge in [-0.15, -0.1) is 5.73 Å². The van der Waals surface area contributed by atoms with Crippen molar-refractivity contribution in [1.82, 2.24) is 0 Å². The van der Waals surface area contributed by atoms with Gasteiger partial charge in [0.15, 0.2) is 0 Å². The first kappa shape index (κ1) is 7.45. The lowest BCUT2D eigenvalue weighted by Crippen LogP contribution is -1.94. The maximum Gasteiger partial charge on any atom is 0.0962 e. The number of rotatable bonds is 3. The molecule has 8 heavy (non-hydrogen) atoms. The van der Waals surface area contributed by atoms with Crippen LogP contribution in [0.5, 0.6) is 0 Å². The zero-order chi connectivity index (χ0) is 6.41. The van der Waals surface area contributed by atoms with Crippen LogP contribution in [0.2, 0.25) is 0 Å². The van der Waals surface area contributed by atoms with Crippen molar-refractivity contribution in [3.63, 3.8) is 0 Å². The molecule has 0 N–H and O–H groups in total. The summed E-state index contributed by atoms with van der Waals surface area (Å²) >= 11 is 0. The molecule has 0 spiro atoms. The number of halogens is 1. The summed E-state index contributed by atoms with van der Waals surface area (Å²) in [6.45, 7) is 5.00. The lowest BCUT2D eigenvalue weighted by molar-refractivity contribution is 0.404. The Bertz CT molecular complexity index is 86.6. The van der Waals surface area contributed by atoms with Crippen LogP contribution in [-0.4, -0.2) is 6.67 Å². The van der Waals surface area contributed by atoms with E-state index < -0.39 is 0 Å². The summed E-state index contributed by atoms with van der Waals surface area (Å²) in [5.74, 6) is 0.0347. The highest BCUT2D eigenvalue weighted by atomic mass is 19.1. The van der Waals surface area contributed by atoms with Crippen molar-refractivity contribution < 1.29 is 4.39 Å². The topological polar surface area (TPSA) is 0 Å². The molecule has 0 saturated heterocycles. The fourth-order valence-electron chi connectivity index (χ4n) is 0.438. The van der Waals surface area contributed by atoms with E-state index in [2.05, 4.69) is 12.3 Å². The molecule has 0 bridgehead atoms. The number of alkyl halides is 1. The monoisotopic (exact) mass is 114 g/mol. The smallest absolute Gasteiger partial charge is 0.0962 e. The highest BCUT2D eigenvalue weighted by Crippen LogP contribution is 2.02. The second-order valence-electron chi connectivity index (χ2n) is 1.69. The largest absolute Gasteiger partial charge is 0.250 e. The fourth-order valence-corrected chi connectivity index (χ4v) is 0.438. The first-order valence-electron chi connectivity index (χ1n) is 2.77. The third kappa shape index (κ3) is 2.59. The van der Waals surface area contributed by atoms with Crippen LogP contribution in [-0.2, 0) is 0 Å². The highest BCUT2D eigenvalue weighted by molar-refractivity contribution is 4.82. The van der Waals surface area contributed by atoms with Gasteiger partial charge in [0.2, 0.25) is 0 Å². The van der Waals surface area contributed by atoms with E-state index in [1.54, 1.807) is 6.08 Å². The molecule has 1 atom stereocenters.